The fourth-order valence-electron chi connectivity index (χ4n) is 2.05. The second kappa shape index (κ2) is 4.72. The van der Waals surface area contributed by atoms with Crippen LogP contribution in [0.1, 0.15) is 18.4 Å². The van der Waals surface area contributed by atoms with Crippen molar-refractivity contribution >= 4 is 11.6 Å². The Morgan fingerprint density at radius 1 is 1.56 bits per heavy atom. The van der Waals surface area contributed by atoms with Crippen molar-refractivity contribution < 1.29 is 9.53 Å². The standard InChI is InChI=1S/C14H18N2O2/c1-9(10(2)14(15)17)11-4-5-13-12(8-11)16(3)6-7-18-13/h4-5,8-9H,2,6-7H2,1,3H3,(H2,15,17). The smallest absolute Gasteiger partial charge is 0.244 e. The van der Waals surface area contributed by atoms with Gasteiger partial charge in [-0.05, 0) is 17.7 Å². The molecule has 2 rings (SSSR count). The van der Waals surface area contributed by atoms with E-state index in [1.807, 2.05) is 32.2 Å². The van der Waals surface area contributed by atoms with E-state index in [2.05, 4.69) is 11.5 Å². The predicted molar refractivity (Wildman–Crippen MR) is 72.0 cm³/mol. The molecule has 0 fully saturated rings. The minimum atomic E-state index is -0.454. The fraction of sp³-hybridized carbons (Fsp3) is 0.357. The molecule has 0 bridgehead atoms. The quantitative estimate of drug-likeness (QED) is 0.825. The molecule has 18 heavy (non-hydrogen) atoms. The van der Waals surface area contributed by atoms with E-state index in [0.29, 0.717) is 12.2 Å². The summed E-state index contributed by atoms with van der Waals surface area (Å²) in [4.78, 5) is 13.3. The molecule has 96 valence electrons. The lowest BCUT2D eigenvalue weighted by molar-refractivity contribution is -0.114. The van der Waals surface area contributed by atoms with Gasteiger partial charge in [0.15, 0.2) is 0 Å². The number of likely N-dealkylation sites (N-methyl/N-ethyl adjacent to an activating group) is 1. The molecule has 1 aliphatic heterocycles. The Kier molecular flexibility index (Phi) is 3.28. The Labute approximate surface area is 107 Å². The minimum absolute atomic E-state index is 0.0804. The molecule has 1 aromatic rings. The van der Waals surface area contributed by atoms with Gasteiger partial charge in [0.05, 0.1) is 12.2 Å². The van der Waals surface area contributed by atoms with Gasteiger partial charge < -0.3 is 15.4 Å². The number of nitrogens with zero attached hydrogens (tertiary/aromatic N) is 1. The van der Waals surface area contributed by atoms with Crippen molar-refractivity contribution in [2.45, 2.75) is 12.8 Å². The first-order chi connectivity index (χ1) is 8.50. The molecule has 1 unspecified atom stereocenters. The molecule has 0 saturated heterocycles. The first kappa shape index (κ1) is 12.5. The summed E-state index contributed by atoms with van der Waals surface area (Å²) in [7, 11) is 2.03. The van der Waals surface area contributed by atoms with Crippen LogP contribution in [0.2, 0.25) is 0 Å². The Morgan fingerprint density at radius 3 is 2.94 bits per heavy atom. The predicted octanol–water partition coefficient (Wildman–Crippen LogP) is 1.66. The molecular weight excluding hydrogens is 228 g/mol. The minimum Gasteiger partial charge on any atom is -0.490 e. The molecule has 0 saturated carbocycles. The van der Waals surface area contributed by atoms with Gasteiger partial charge in [0.25, 0.3) is 0 Å². The van der Waals surface area contributed by atoms with Crippen LogP contribution in [0.5, 0.6) is 5.75 Å². The van der Waals surface area contributed by atoms with Gasteiger partial charge in [-0.2, -0.15) is 0 Å². The largest absolute Gasteiger partial charge is 0.490 e. The van der Waals surface area contributed by atoms with E-state index < -0.39 is 5.91 Å². The van der Waals surface area contributed by atoms with E-state index in [0.717, 1.165) is 23.5 Å². The summed E-state index contributed by atoms with van der Waals surface area (Å²) in [5.41, 5.74) is 7.76. The van der Waals surface area contributed by atoms with Crippen LogP contribution in [0.3, 0.4) is 0 Å². The number of hydrogen-bond donors (Lipinski definition) is 1. The van der Waals surface area contributed by atoms with Crippen molar-refractivity contribution in [1.82, 2.24) is 0 Å². The second-order valence-electron chi connectivity index (χ2n) is 4.61. The maximum atomic E-state index is 11.2. The maximum absolute atomic E-state index is 11.2. The second-order valence-corrected chi connectivity index (χ2v) is 4.61. The van der Waals surface area contributed by atoms with Crippen molar-refractivity contribution in [2.75, 3.05) is 25.1 Å². The van der Waals surface area contributed by atoms with Crippen LogP contribution in [0, 0.1) is 0 Å². The zero-order valence-corrected chi connectivity index (χ0v) is 10.8. The summed E-state index contributed by atoms with van der Waals surface area (Å²) in [6, 6.07) is 5.93. The molecule has 1 amide bonds. The molecular formula is C14H18N2O2. The Bertz CT molecular complexity index is 497. The average molecular weight is 246 g/mol. The van der Waals surface area contributed by atoms with Crippen molar-refractivity contribution in [1.29, 1.82) is 0 Å². The highest BCUT2D eigenvalue weighted by molar-refractivity contribution is 5.92. The number of carbonyl (C=O) groups excluding carboxylic acids is 1. The van der Waals surface area contributed by atoms with Crippen LogP contribution in [-0.2, 0) is 4.79 Å². The molecule has 2 N–H and O–H groups in total. The Morgan fingerprint density at radius 2 is 2.28 bits per heavy atom. The molecule has 4 nitrogen and oxygen atoms in total. The number of primary amides is 1. The average Bonchev–Trinajstić information content (AvgIpc) is 2.37. The van der Waals surface area contributed by atoms with Gasteiger partial charge in [0, 0.05) is 18.5 Å². The third kappa shape index (κ3) is 2.18. The lowest BCUT2D eigenvalue weighted by Gasteiger charge is -2.28. The Hall–Kier alpha value is -1.97. The van der Waals surface area contributed by atoms with Crippen LogP contribution in [0.25, 0.3) is 0 Å². The molecule has 0 aromatic heterocycles. The van der Waals surface area contributed by atoms with E-state index in [1.54, 1.807) is 0 Å². The number of nitrogens with two attached hydrogens (primary N) is 1. The number of amides is 1. The van der Waals surface area contributed by atoms with Crippen molar-refractivity contribution in [3.05, 3.63) is 35.9 Å². The molecule has 0 aliphatic carbocycles. The third-order valence-electron chi connectivity index (χ3n) is 3.42. The van der Waals surface area contributed by atoms with Crippen molar-refractivity contribution in [3.8, 4) is 5.75 Å². The summed E-state index contributed by atoms with van der Waals surface area (Å²) in [5, 5.41) is 0. The third-order valence-corrected chi connectivity index (χ3v) is 3.42. The van der Waals surface area contributed by atoms with Gasteiger partial charge in [0.2, 0.25) is 5.91 Å². The molecule has 4 heteroatoms. The van der Waals surface area contributed by atoms with E-state index in [1.165, 1.54) is 0 Å². The Balaban J connectivity index is 2.33. The highest BCUT2D eigenvalue weighted by Crippen LogP contribution is 2.34. The number of fused-ring (bicyclic) bond motifs is 1. The van der Waals surface area contributed by atoms with Crippen LogP contribution < -0.4 is 15.4 Å². The zero-order valence-electron chi connectivity index (χ0n) is 10.8. The summed E-state index contributed by atoms with van der Waals surface area (Å²) in [6.45, 7) is 7.23. The van der Waals surface area contributed by atoms with Crippen molar-refractivity contribution in [3.63, 3.8) is 0 Å². The fourth-order valence-corrected chi connectivity index (χ4v) is 2.05. The normalized spacial score (nSPS) is 15.6. The lowest BCUT2D eigenvalue weighted by atomic mass is 9.93. The molecule has 0 radical (unpaired) electrons. The molecule has 1 aromatic carbocycles. The van der Waals surface area contributed by atoms with E-state index in [9.17, 15) is 4.79 Å². The molecule has 0 spiro atoms. The van der Waals surface area contributed by atoms with Gasteiger partial charge in [-0.3, -0.25) is 4.79 Å². The van der Waals surface area contributed by atoms with E-state index in [-0.39, 0.29) is 5.92 Å². The maximum Gasteiger partial charge on any atom is 0.244 e. The number of hydrogen-bond acceptors (Lipinski definition) is 3. The highest BCUT2D eigenvalue weighted by atomic mass is 16.5. The summed E-state index contributed by atoms with van der Waals surface area (Å²) < 4.78 is 5.58. The topological polar surface area (TPSA) is 55.6 Å². The monoisotopic (exact) mass is 246 g/mol. The number of anilines is 1. The number of benzene rings is 1. The van der Waals surface area contributed by atoms with Crippen LogP contribution in [0.4, 0.5) is 5.69 Å². The van der Waals surface area contributed by atoms with E-state index >= 15 is 0 Å². The van der Waals surface area contributed by atoms with Gasteiger partial charge >= 0.3 is 0 Å². The first-order valence-corrected chi connectivity index (χ1v) is 5.97. The van der Waals surface area contributed by atoms with E-state index in [4.69, 9.17) is 10.5 Å². The first-order valence-electron chi connectivity index (χ1n) is 5.97. The molecule has 1 heterocycles. The summed E-state index contributed by atoms with van der Waals surface area (Å²) in [6.07, 6.45) is 0. The van der Waals surface area contributed by atoms with Gasteiger partial charge in [0.1, 0.15) is 12.4 Å². The lowest BCUT2D eigenvalue weighted by Crippen LogP contribution is -2.29. The summed E-state index contributed by atoms with van der Waals surface area (Å²) >= 11 is 0. The number of carbonyl (C=O) groups is 1. The highest BCUT2D eigenvalue weighted by Gasteiger charge is 2.19. The SMILES string of the molecule is C=C(C(N)=O)C(C)c1ccc2c(c1)N(C)CCO2. The summed E-state index contributed by atoms with van der Waals surface area (Å²) in [5.74, 6) is 0.345. The van der Waals surface area contributed by atoms with Crippen molar-refractivity contribution in [2.24, 2.45) is 5.73 Å². The van der Waals surface area contributed by atoms with Crippen LogP contribution >= 0.6 is 0 Å². The van der Waals surface area contributed by atoms with Gasteiger partial charge in [-0.1, -0.05) is 19.6 Å². The number of rotatable bonds is 3. The molecule has 1 aliphatic rings. The van der Waals surface area contributed by atoms with Crippen LogP contribution in [0.15, 0.2) is 30.4 Å². The number of ether oxygens (including phenoxy) is 1. The van der Waals surface area contributed by atoms with Crippen LogP contribution in [-0.4, -0.2) is 26.1 Å². The molecule has 1 atom stereocenters. The van der Waals surface area contributed by atoms with Gasteiger partial charge in [-0.15, -0.1) is 0 Å². The zero-order chi connectivity index (χ0) is 13.3. The van der Waals surface area contributed by atoms with Gasteiger partial charge in [-0.25, -0.2) is 0 Å².